The first kappa shape index (κ1) is 124. The van der Waals surface area contributed by atoms with E-state index in [9.17, 15) is 124 Å². The van der Waals surface area contributed by atoms with Gasteiger partial charge in [0.2, 0.25) is 5.52 Å². The standard InChI is InChI=1S/C21H25F3O6S.2C17H17F3O6S.C16H18O4.C12H12O.C11H10BNO3.C6H4BrF.C6H8O.ClH/c1-7-28-19(25)18(29-20(4,5)6)16-13(3)12(2)14-10-8-9-11-15(14)17(16)30-31(26,27)21(22,23)24;2*1-4-25-16(22)14(21)13-10(3)9(2)11-7-5-6-8-12(11)15(13)26-27(23,24)17(18,19)20;1-4-20-16(19)15(18)13-10(3)9(2)11-7-5-6-8-12(11)14(13)17;1-8-7-12(13)11-6-4-3-5-10(11)9(8)2;14-12(15)8-1-2-9-10-7(4-6-16-9)3-5-13-11(8)10;7-5-3-1-2-4-6(5)8;1-5-3-4-7-6(5)2;/h8-11,18H,7H2,1-6H3;2*5-8,14,21H,4H2,1-3H3;5-8,15,17-18H,4H2,1-3H3;3-7,13H,1-2H3;1-3,5,14-15H,4,6H2;1-4H;3-4H,1-2H3;1H/t18-;14-;;;;;;;/m00......./s1. The van der Waals surface area contributed by atoms with Crippen molar-refractivity contribution in [2.24, 2.45) is 0 Å². The van der Waals surface area contributed by atoms with Crippen LogP contribution in [0.3, 0.4) is 0 Å². The van der Waals surface area contributed by atoms with E-state index in [1.807, 2.05) is 88.5 Å². The fourth-order valence-electron chi connectivity index (χ4n) is 15.5. The predicted molar refractivity (Wildman–Crippen MR) is 544 cm³/mol. The number of alkyl halides is 9. The second-order valence-corrected chi connectivity index (χ2v) is 39.8. The monoisotopic (exact) mass is 2240 g/mol. The van der Waals surface area contributed by atoms with E-state index in [0.717, 1.165) is 56.1 Å². The van der Waals surface area contributed by atoms with Crippen molar-refractivity contribution in [2.75, 3.05) is 33.0 Å². The molecule has 0 saturated carbocycles. The number of pyridine rings is 1. The number of benzene rings is 12. The highest BCUT2D eigenvalue weighted by atomic mass is 79.9. The van der Waals surface area contributed by atoms with Crippen molar-refractivity contribution < 1.29 is 187 Å². The largest absolute Gasteiger partial charge is 1.00 e. The number of aryl methyl sites for hydroxylation is 8. The number of H-pyrrole nitrogens is 1. The van der Waals surface area contributed by atoms with E-state index in [0.29, 0.717) is 71.7 Å². The average molecular weight is 2240 g/mol. The van der Waals surface area contributed by atoms with Gasteiger partial charge in [0, 0.05) is 61.7 Å². The molecule has 8 N–H and O–H groups in total. The molecule has 12 aromatic carbocycles. The van der Waals surface area contributed by atoms with Gasteiger partial charge in [0.05, 0.1) is 60.2 Å². The van der Waals surface area contributed by atoms with Crippen LogP contribution in [0.5, 0.6) is 34.5 Å². The minimum Gasteiger partial charge on any atom is -1.00 e. The van der Waals surface area contributed by atoms with E-state index >= 15 is 0 Å². The van der Waals surface area contributed by atoms with Gasteiger partial charge in [-0.3, -0.25) is 0 Å². The van der Waals surface area contributed by atoms with Crippen LogP contribution in [0.25, 0.3) is 64.8 Å². The number of carbonyl (C=O) groups excluding carboxylic acids is 4. The number of phenolic OH excluding ortho intramolecular Hbond substituents is 2. The number of furan rings is 1. The average Bonchev–Trinajstić information content (AvgIpc) is 0.776. The number of carbonyl (C=O) groups is 4. The Kier molecular flexibility index (Phi) is 43.1. The Balaban J connectivity index is 0.000000239. The van der Waals surface area contributed by atoms with Gasteiger partial charge in [-0.05, 0) is 272 Å². The third kappa shape index (κ3) is 29.5. The summed E-state index contributed by atoms with van der Waals surface area (Å²) in [6, 6.07) is 49.2. The fraction of sp³-hybridized carbons (Fsp3) is 0.311. The highest BCUT2D eigenvalue weighted by molar-refractivity contribution is 9.10. The SMILES string of the molecule is CCOC(=O)C(O)c1c(C)c(C)c2ccccc2c1O.CCOC(=O)C(O)c1c(C)c(C)c2ccccc2c1OS(=O)(=O)C(F)(F)F.CCOC(=O)[C@@H](O)c1c(C)c(C)c2ccccc2c1OS(=O)(=O)C(F)(F)F.CCOC(=O)[C@@H](OC(C)(C)C)c1c(C)c(C)c2ccccc2c1OS(=O)(=O)C(F)(F)F.Cc1cc(O)c2ccccc2c1C.Cc1ccoc1C.Fc1ccccc1Br.OB(O)c1ccc2c3c(cc[nH+]c13)CCO2.[Cl-]. The number of aliphatic hydroxyl groups is 3. The van der Waals surface area contributed by atoms with E-state index in [4.69, 9.17) is 32.8 Å². The van der Waals surface area contributed by atoms with Crippen LogP contribution in [0, 0.1) is 88.9 Å². The molecule has 150 heavy (non-hydrogen) atoms. The summed E-state index contributed by atoms with van der Waals surface area (Å²) in [7, 11) is -19.5. The number of phenols is 2. The molecule has 0 saturated heterocycles. The summed E-state index contributed by atoms with van der Waals surface area (Å²) in [5.74, 6) is -4.11. The number of rotatable bonds is 20. The quantitative estimate of drug-likeness (QED) is 0.00930. The van der Waals surface area contributed by atoms with Crippen molar-refractivity contribution in [3.05, 3.63) is 293 Å². The van der Waals surface area contributed by atoms with Gasteiger partial charge in [0.25, 0.3) is 0 Å². The van der Waals surface area contributed by atoms with Crippen LogP contribution in [-0.4, -0.2) is 147 Å². The molecular weight excluding hydrogens is 2130 g/mol. The molecule has 808 valence electrons. The normalized spacial score (nSPS) is 12.7. The number of nitrogens with one attached hydrogen (secondary N) is 1. The van der Waals surface area contributed by atoms with Crippen molar-refractivity contribution in [1.82, 2.24) is 0 Å². The summed E-state index contributed by atoms with van der Waals surface area (Å²) in [5, 5.41) is 75.4. The van der Waals surface area contributed by atoms with Gasteiger partial charge in [-0.2, -0.15) is 64.8 Å². The van der Waals surface area contributed by atoms with Gasteiger partial charge >= 0.3 is 77.9 Å². The molecule has 2 unspecified atom stereocenters. The van der Waals surface area contributed by atoms with E-state index in [-0.39, 0.29) is 88.8 Å². The molecule has 14 aromatic rings. The van der Waals surface area contributed by atoms with Gasteiger partial charge in [-0.1, -0.05) is 140 Å². The summed E-state index contributed by atoms with van der Waals surface area (Å²) < 4.78 is 248. The topological polar surface area (TPSA) is 423 Å². The lowest BCUT2D eigenvalue weighted by molar-refractivity contribution is -0.344. The molecule has 15 rings (SSSR count). The van der Waals surface area contributed by atoms with Crippen molar-refractivity contribution >= 4 is 148 Å². The Hall–Kier alpha value is -12.9. The molecule has 0 aliphatic carbocycles. The Morgan fingerprint density at radius 2 is 0.773 bits per heavy atom. The Morgan fingerprint density at radius 3 is 1.12 bits per heavy atom. The van der Waals surface area contributed by atoms with Crippen molar-refractivity contribution in [3.8, 4) is 34.5 Å². The fourth-order valence-corrected chi connectivity index (χ4v) is 17.3. The molecule has 0 spiro atoms. The predicted octanol–water partition coefficient (Wildman–Crippen LogP) is 18.3. The highest BCUT2D eigenvalue weighted by Crippen LogP contribution is 2.48. The Labute approximate surface area is 874 Å². The third-order valence-corrected chi connectivity index (χ3v) is 27.1. The maximum Gasteiger partial charge on any atom is 0.534 e. The summed E-state index contributed by atoms with van der Waals surface area (Å²) in [5.41, 5.74) is -8.51. The van der Waals surface area contributed by atoms with Crippen molar-refractivity contribution in [1.29, 1.82) is 0 Å². The number of esters is 4. The molecule has 0 amide bonds. The van der Waals surface area contributed by atoms with Crippen LogP contribution in [0.2, 0.25) is 0 Å². The summed E-state index contributed by atoms with van der Waals surface area (Å²) in [6.45, 7) is 33.0. The second kappa shape index (κ2) is 52.2. The van der Waals surface area contributed by atoms with E-state index < -0.39 is 136 Å². The number of aromatic hydroxyl groups is 2. The van der Waals surface area contributed by atoms with Crippen LogP contribution < -0.4 is 40.1 Å². The molecular formula is C106H112BBrClF10NO27S3. The lowest BCUT2D eigenvalue weighted by Gasteiger charge is -2.29. The third-order valence-electron chi connectivity index (χ3n) is 23.6. The van der Waals surface area contributed by atoms with E-state index in [1.54, 1.807) is 154 Å². The molecule has 28 nitrogen and oxygen atoms in total. The lowest BCUT2D eigenvalue weighted by Crippen LogP contribution is -3.00. The molecule has 4 atom stereocenters. The summed E-state index contributed by atoms with van der Waals surface area (Å²) >= 11 is 3.02. The maximum atomic E-state index is 13.1. The molecule has 2 aromatic heterocycles. The van der Waals surface area contributed by atoms with Gasteiger partial charge < -0.3 is 93.4 Å². The first-order valence-corrected chi connectivity index (χ1v) is 50.7. The Morgan fingerprint density at radius 1 is 0.433 bits per heavy atom. The smallest absolute Gasteiger partial charge is 0.534 e. The van der Waals surface area contributed by atoms with Crippen LogP contribution >= 0.6 is 15.9 Å². The number of aromatic nitrogens is 1. The number of hydrogen-bond donors (Lipinski definition) is 7. The zero-order valence-corrected chi connectivity index (χ0v) is 89.4. The Bertz CT molecular complexity index is 7410. The summed E-state index contributed by atoms with van der Waals surface area (Å²) in [4.78, 5) is 51.4. The number of aliphatic hydroxyl groups excluding tert-OH is 3. The van der Waals surface area contributed by atoms with Gasteiger partial charge in [0.1, 0.15) is 28.8 Å². The minimum absolute atomic E-state index is 0. The van der Waals surface area contributed by atoms with E-state index in [1.165, 1.54) is 86.8 Å². The maximum absolute atomic E-state index is 13.1. The second-order valence-electron chi connectivity index (χ2n) is 34.3. The van der Waals surface area contributed by atoms with Gasteiger partial charge in [-0.15, -0.1) is 0 Å². The lowest BCUT2D eigenvalue weighted by atomic mass is 9.78. The molecule has 3 heterocycles. The van der Waals surface area contributed by atoms with Crippen molar-refractivity contribution in [2.45, 2.75) is 185 Å². The number of fused-ring (bicyclic) bond motifs is 5. The van der Waals surface area contributed by atoms with Crippen LogP contribution in [0.15, 0.2) is 197 Å². The molecule has 0 radical (unpaired) electrons. The first-order valence-electron chi connectivity index (χ1n) is 45.7. The zero-order valence-electron chi connectivity index (χ0n) is 84.6. The van der Waals surface area contributed by atoms with Crippen molar-refractivity contribution in [3.63, 3.8) is 0 Å². The van der Waals surface area contributed by atoms with Crippen LogP contribution in [-0.2, 0) is 79.6 Å². The van der Waals surface area contributed by atoms with Crippen LogP contribution in [0.1, 0.15) is 168 Å². The highest BCUT2D eigenvalue weighted by Gasteiger charge is 2.52. The van der Waals surface area contributed by atoms with Gasteiger partial charge in [0.15, 0.2) is 47.9 Å². The molecule has 0 fully saturated rings. The molecule has 1 aliphatic heterocycles. The number of aromatic amines is 1. The van der Waals surface area contributed by atoms with E-state index in [2.05, 4.69) is 40.4 Å². The minimum atomic E-state index is -6.03. The van der Waals surface area contributed by atoms with Gasteiger partial charge in [-0.25, -0.2) is 28.6 Å². The number of hydrogen-bond acceptors (Lipinski definition) is 27. The zero-order chi connectivity index (χ0) is 112. The number of halogens is 12. The van der Waals surface area contributed by atoms with Crippen LogP contribution in [0.4, 0.5) is 43.9 Å². The molecule has 1 aliphatic rings. The molecule has 0 bridgehead atoms. The summed E-state index contributed by atoms with van der Waals surface area (Å²) in [6.07, 6.45) is -2.66. The first-order chi connectivity index (χ1) is 69.5. The number of ether oxygens (including phenoxy) is 6. The molecule has 44 heteroatoms.